The summed E-state index contributed by atoms with van der Waals surface area (Å²) < 4.78 is 5.64. The lowest BCUT2D eigenvalue weighted by molar-refractivity contribution is 0.441. The smallest absolute Gasteiger partial charge is 0.321 e. The van der Waals surface area contributed by atoms with E-state index in [9.17, 15) is 0 Å². The van der Waals surface area contributed by atoms with Crippen LogP contribution in [0.1, 0.15) is 44.6 Å². The fraction of sp³-hybridized carbons (Fsp3) is 0.444. The van der Waals surface area contributed by atoms with Crippen molar-refractivity contribution in [3.63, 3.8) is 0 Å². The van der Waals surface area contributed by atoms with Gasteiger partial charge in [-0.25, -0.2) is 9.97 Å². The number of hydrogen-bond acceptors (Lipinski definition) is 4. The van der Waals surface area contributed by atoms with Crippen LogP contribution < -0.4 is 10.1 Å². The number of hydrogen-bond donors (Lipinski definition) is 1. The third-order valence-corrected chi connectivity index (χ3v) is 3.44. The predicted molar refractivity (Wildman–Crippen MR) is 96.3 cm³/mol. The largest absolute Gasteiger partial charge is 0.424 e. The van der Waals surface area contributed by atoms with Gasteiger partial charge in [0.25, 0.3) is 0 Å². The second-order valence-electron chi connectivity index (χ2n) is 5.37. The van der Waals surface area contributed by atoms with E-state index in [0.29, 0.717) is 6.01 Å². The van der Waals surface area contributed by atoms with E-state index in [1.165, 1.54) is 37.7 Å². The highest BCUT2D eigenvalue weighted by atomic mass is 35.5. The van der Waals surface area contributed by atoms with Gasteiger partial charge in [-0.3, -0.25) is 0 Å². The summed E-state index contributed by atoms with van der Waals surface area (Å²) in [5.74, 6) is 0.772. The number of benzene rings is 1. The van der Waals surface area contributed by atoms with Crippen LogP contribution in [-0.2, 0) is 6.54 Å². The molecule has 126 valence electrons. The van der Waals surface area contributed by atoms with Crippen molar-refractivity contribution in [1.82, 2.24) is 15.3 Å². The molecule has 0 aliphatic carbocycles. The topological polar surface area (TPSA) is 47.0 Å². The van der Waals surface area contributed by atoms with Crippen LogP contribution in [-0.4, -0.2) is 16.5 Å². The number of unbranched alkanes of at least 4 members (excludes halogenated alkanes) is 4. The fourth-order valence-electron chi connectivity index (χ4n) is 2.25. The highest BCUT2D eigenvalue weighted by molar-refractivity contribution is 5.85. The van der Waals surface area contributed by atoms with E-state index in [-0.39, 0.29) is 12.4 Å². The summed E-state index contributed by atoms with van der Waals surface area (Å²) >= 11 is 0. The van der Waals surface area contributed by atoms with Crippen molar-refractivity contribution in [2.75, 3.05) is 6.54 Å². The van der Waals surface area contributed by atoms with E-state index in [1.807, 2.05) is 18.2 Å². The molecule has 1 heterocycles. The Labute approximate surface area is 145 Å². The first-order valence-electron chi connectivity index (χ1n) is 8.13. The summed E-state index contributed by atoms with van der Waals surface area (Å²) in [6.45, 7) is 4.17. The Balaban J connectivity index is 0.00000264. The van der Waals surface area contributed by atoms with Crippen LogP contribution in [0.5, 0.6) is 11.8 Å². The Hall–Kier alpha value is -1.65. The van der Waals surface area contributed by atoms with Crippen LogP contribution in [0.25, 0.3) is 0 Å². The first-order chi connectivity index (χ1) is 10.9. The van der Waals surface area contributed by atoms with E-state index in [2.05, 4.69) is 28.3 Å². The molecule has 4 nitrogen and oxygen atoms in total. The van der Waals surface area contributed by atoms with E-state index >= 15 is 0 Å². The second-order valence-corrected chi connectivity index (χ2v) is 5.37. The average Bonchev–Trinajstić information content (AvgIpc) is 2.55. The monoisotopic (exact) mass is 335 g/mol. The summed E-state index contributed by atoms with van der Waals surface area (Å²) in [5.41, 5.74) is 1.21. The molecule has 1 aromatic heterocycles. The molecule has 0 aliphatic rings. The van der Waals surface area contributed by atoms with E-state index in [1.54, 1.807) is 18.5 Å². The zero-order valence-electron chi connectivity index (χ0n) is 13.7. The Morgan fingerprint density at radius 1 is 1.00 bits per heavy atom. The van der Waals surface area contributed by atoms with Gasteiger partial charge in [0.1, 0.15) is 5.75 Å². The Kier molecular flexibility index (Phi) is 10.00. The van der Waals surface area contributed by atoms with Gasteiger partial charge in [0.15, 0.2) is 0 Å². The van der Waals surface area contributed by atoms with Crippen molar-refractivity contribution in [2.24, 2.45) is 0 Å². The lowest BCUT2D eigenvalue weighted by Gasteiger charge is -2.07. The summed E-state index contributed by atoms with van der Waals surface area (Å²) in [4.78, 5) is 8.13. The van der Waals surface area contributed by atoms with Crippen molar-refractivity contribution in [1.29, 1.82) is 0 Å². The normalized spacial score (nSPS) is 10.1. The van der Waals surface area contributed by atoms with Gasteiger partial charge >= 0.3 is 6.01 Å². The maximum Gasteiger partial charge on any atom is 0.321 e. The maximum absolute atomic E-state index is 5.64. The highest BCUT2D eigenvalue weighted by Gasteiger charge is 2.00. The number of halogens is 1. The van der Waals surface area contributed by atoms with E-state index in [4.69, 9.17) is 4.74 Å². The van der Waals surface area contributed by atoms with Crippen molar-refractivity contribution in [3.8, 4) is 11.8 Å². The molecule has 0 atom stereocenters. The molecule has 0 unspecified atom stereocenters. The molecule has 0 amide bonds. The van der Waals surface area contributed by atoms with Crippen LogP contribution in [0.3, 0.4) is 0 Å². The fourth-order valence-corrected chi connectivity index (χ4v) is 2.25. The Morgan fingerprint density at radius 3 is 2.57 bits per heavy atom. The quantitative estimate of drug-likeness (QED) is 0.636. The molecule has 1 N–H and O–H groups in total. The average molecular weight is 336 g/mol. The molecule has 0 aliphatic heterocycles. The predicted octanol–water partition coefficient (Wildman–Crippen LogP) is 4.75. The summed E-state index contributed by atoms with van der Waals surface area (Å²) in [6.07, 6.45) is 9.90. The molecule has 2 rings (SSSR count). The molecule has 2 aromatic rings. The van der Waals surface area contributed by atoms with Gasteiger partial charge in [0.2, 0.25) is 0 Å². The minimum atomic E-state index is 0. The first-order valence-corrected chi connectivity index (χ1v) is 8.13. The molecule has 1 aromatic carbocycles. The maximum atomic E-state index is 5.64. The van der Waals surface area contributed by atoms with Gasteiger partial charge in [0.05, 0.1) is 0 Å². The van der Waals surface area contributed by atoms with Crippen LogP contribution in [0, 0.1) is 0 Å². The van der Waals surface area contributed by atoms with E-state index < -0.39 is 0 Å². The number of rotatable bonds is 10. The lowest BCUT2D eigenvalue weighted by Crippen LogP contribution is -2.14. The molecule has 23 heavy (non-hydrogen) atoms. The number of nitrogens with zero attached hydrogens (tertiary/aromatic N) is 2. The van der Waals surface area contributed by atoms with Gasteiger partial charge in [0, 0.05) is 18.9 Å². The first kappa shape index (κ1) is 19.4. The third-order valence-electron chi connectivity index (χ3n) is 3.44. The molecular weight excluding hydrogens is 310 g/mol. The number of aromatic nitrogens is 2. The van der Waals surface area contributed by atoms with Crippen LogP contribution in [0.15, 0.2) is 42.7 Å². The molecular formula is C18H26ClN3O. The highest BCUT2D eigenvalue weighted by Crippen LogP contribution is 2.18. The van der Waals surface area contributed by atoms with Crippen molar-refractivity contribution in [2.45, 2.75) is 45.6 Å². The van der Waals surface area contributed by atoms with E-state index in [0.717, 1.165) is 18.8 Å². The summed E-state index contributed by atoms with van der Waals surface area (Å²) in [6, 6.07) is 10.2. The standard InChI is InChI=1S/C18H25N3O.ClH/c1-2-3-4-5-6-11-19-15-16-9-7-10-17(14-16)22-18-20-12-8-13-21-18;/h7-10,12-14,19H,2-6,11,15H2,1H3;1H. The van der Waals surface area contributed by atoms with Gasteiger partial charge in [-0.1, -0.05) is 44.7 Å². The van der Waals surface area contributed by atoms with Crippen molar-refractivity contribution >= 4 is 12.4 Å². The number of ether oxygens (including phenoxy) is 1. The molecule has 0 saturated carbocycles. The minimum Gasteiger partial charge on any atom is -0.424 e. The van der Waals surface area contributed by atoms with Gasteiger partial charge in [-0.2, -0.15) is 0 Å². The lowest BCUT2D eigenvalue weighted by atomic mass is 10.1. The van der Waals surface area contributed by atoms with Gasteiger partial charge < -0.3 is 10.1 Å². The zero-order valence-corrected chi connectivity index (χ0v) is 14.5. The van der Waals surface area contributed by atoms with Crippen molar-refractivity contribution < 1.29 is 4.74 Å². The van der Waals surface area contributed by atoms with Crippen LogP contribution in [0.4, 0.5) is 0 Å². The second kappa shape index (κ2) is 11.9. The Morgan fingerprint density at radius 2 is 1.78 bits per heavy atom. The molecule has 0 radical (unpaired) electrons. The summed E-state index contributed by atoms with van der Waals surface area (Å²) in [7, 11) is 0. The number of nitrogens with one attached hydrogen (secondary N) is 1. The minimum absolute atomic E-state index is 0. The van der Waals surface area contributed by atoms with Crippen LogP contribution >= 0.6 is 12.4 Å². The van der Waals surface area contributed by atoms with Crippen LogP contribution in [0.2, 0.25) is 0 Å². The zero-order chi connectivity index (χ0) is 15.5. The summed E-state index contributed by atoms with van der Waals surface area (Å²) in [5, 5.41) is 3.48. The molecule has 0 saturated heterocycles. The Bertz CT molecular complexity index is 537. The molecule has 0 bridgehead atoms. The molecule has 0 spiro atoms. The van der Waals surface area contributed by atoms with Gasteiger partial charge in [-0.15, -0.1) is 12.4 Å². The van der Waals surface area contributed by atoms with Crippen molar-refractivity contribution in [3.05, 3.63) is 48.3 Å². The molecule has 5 heteroatoms. The molecule has 0 fully saturated rings. The third kappa shape index (κ3) is 7.95. The SMILES string of the molecule is CCCCCCCNCc1cccc(Oc2ncccn2)c1.Cl. The van der Waals surface area contributed by atoms with Gasteiger partial charge in [-0.05, 0) is 36.7 Å².